The van der Waals surface area contributed by atoms with Crippen LogP contribution in [0.15, 0.2) is 12.3 Å². The van der Waals surface area contributed by atoms with Crippen molar-refractivity contribution in [2.45, 2.75) is 27.3 Å². The standard InChI is InChI=1S/C12H16N6/c1-7-11(13)17-9(3)18-12(7)15-6-10-4-5-14-8(2)16-10/h4-5H,6H2,1-3H3,(H3,13,15,17,18). The van der Waals surface area contributed by atoms with Gasteiger partial charge in [0.2, 0.25) is 0 Å². The molecule has 0 bridgehead atoms. The van der Waals surface area contributed by atoms with Crippen LogP contribution in [0.2, 0.25) is 0 Å². The SMILES string of the molecule is Cc1nccc(CNc2nc(C)nc(N)c2C)n1. The van der Waals surface area contributed by atoms with Gasteiger partial charge in [0.25, 0.3) is 0 Å². The van der Waals surface area contributed by atoms with Gasteiger partial charge in [-0.15, -0.1) is 0 Å². The molecule has 0 amide bonds. The fourth-order valence-electron chi connectivity index (χ4n) is 1.60. The Morgan fingerprint density at radius 3 is 2.61 bits per heavy atom. The summed E-state index contributed by atoms with van der Waals surface area (Å²) in [5.74, 6) is 2.66. The maximum Gasteiger partial charge on any atom is 0.135 e. The predicted molar refractivity (Wildman–Crippen MR) is 70.0 cm³/mol. The first kappa shape index (κ1) is 12.2. The average Bonchev–Trinajstić information content (AvgIpc) is 2.32. The lowest BCUT2D eigenvalue weighted by molar-refractivity contribution is 0.939. The van der Waals surface area contributed by atoms with Gasteiger partial charge in [0.1, 0.15) is 23.3 Å². The van der Waals surface area contributed by atoms with Gasteiger partial charge >= 0.3 is 0 Å². The van der Waals surface area contributed by atoms with E-state index in [1.165, 1.54) is 0 Å². The summed E-state index contributed by atoms with van der Waals surface area (Å²) >= 11 is 0. The van der Waals surface area contributed by atoms with Crippen molar-refractivity contribution in [1.82, 2.24) is 19.9 Å². The fourth-order valence-corrected chi connectivity index (χ4v) is 1.60. The first-order chi connectivity index (χ1) is 8.56. The third-order valence-electron chi connectivity index (χ3n) is 2.57. The summed E-state index contributed by atoms with van der Waals surface area (Å²) in [6.45, 7) is 6.15. The van der Waals surface area contributed by atoms with E-state index < -0.39 is 0 Å². The predicted octanol–water partition coefficient (Wildman–Crippen LogP) is 1.39. The monoisotopic (exact) mass is 244 g/mol. The number of aryl methyl sites for hydroxylation is 2. The highest BCUT2D eigenvalue weighted by Gasteiger charge is 2.06. The lowest BCUT2D eigenvalue weighted by Gasteiger charge is -2.10. The summed E-state index contributed by atoms with van der Waals surface area (Å²) in [5, 5.41) is 3.22. The Hall–Kier alpha value is -2.24. The van der Waals surface area contributed by atoms with Crippen molar-refractivity contribution >= 4 is 11.6 Å². The van der Waals surface area contributed by atoms with Crippen LogP contribution in [0, 0.1) is 20.8 Å². The highest BCUT2D eigenvalue weighted by molar-refractivity contribution is 5.54. The molecule has 2 aromatic heterocycles. The molecule has 6 heteroatoms. The average molecular weight is 244 g/mol. The summed E-state index contributed by atoms with van der Waals surface area (Å²) in [5.41, 5.74) is 7.56. The molecule has 18 heavy (non-hydrogen) atoms. The summed E-state index contributed by atoms with van der Waals surface area (Å²) in [6, 6.07) is 1.87. The molecule has 0 aliphatic rings. The molecule has 0 radical (unpaired) electrons. The molecule has 0 unspecified atom stereocenters. The van der Waals surface area contributed by atoms with Crippen molar-refractivity contribution in [2.24, 2.45) is 0 Å². The van der Waals surface area contributed by atoms with Crippen molar-refractivity contribution in [3.8, 4) is 0 Å². The fraction of sp³-hybridized carbons (Fsp3) is 0.333. The van der Waals surface area contributed by atoms with Crippen LogP contribution in [0.3, 0.4) is 0 Å². The highest BCUT2D eigenvalue weighted by atomic mass is 15.1. The number of nitrogen functional groups attached to an aromatic ring is 1. The maximum atomic E-state index is 5.80. The first-order valence-electron chi connectivity index (χ1n) is 5.69. The first-order valence-corrected chi connectivity index (χ1v) is 5.69. The van der Waals surface area contributed by atoms with Gasteiger partial charge in [-0.2, -0.15) is 0 Å². The molecule has 0 spiro atoms. The van der Waals surface area contributed by atoms with E-state index in [1.807, 2.05) is 26.8 Å². The molecule has 2 rings (SSSR count). The van der Waals surface area contributed by atoms with Gasteiger partial charge in [-0.3, -0.25) is 0 Å². The molecule has 0 aromatic carbocycles. The van der Waals surface area contributed by atoms with Crippen LogP contribution in [0.1, 0.15) is 22.9 Å². The molecule has 3 N–H and O–H groups in total. The van der Waals surface area contributed by atoms with Crippen molar-refractivity contribution < 1.29 is 0 Å². The summed E-state index contributed by atoms with van der Waals surface area (Å²) < 4.78 is 0. The van der Waals surface area contributed by atoms with Crippen LogP contribution in [0.5, 0.6) is 0 Å². The largest absolute Gasteiger partial charge is 0.383 e. The quantitative estimate of drug-likeness (QED) is 0.848. The van der Waals surface area contributed by atoms with Crippen LogP contribution < -0.4 is 11.1 Å². The zero-order valence-corrected chi connectivity index (χ0v) is 10.7. The van der Waals surface area contributed by atoms with Crippen molar-refractivity contribution in [2.75, 3.05) is 11.1 Å². The molecular weight excluding hydrogens is 228 g/mol. The van der Waals surface area contributed by atoms with Gasteiger partial charge in [-0.05, 0) is 26.8 Å². The Kier molecular flexibility index (Phi) is 3.36. The van der Waals surface area contributed by atoms with Crippen LogP contribution >= 0.6 is 0 Å². The minimum atomic E-state index is 0.504. The van der Waals surface area contributed by atoms with Gasteiger partial charge in [-0.25, -0.2) is 19.9 Å². The van der Waals surface area contributed by atoms with E-state index >= 15 is 0 Å². The summed E-state index contributed by atoms with van der Waals surface area (Å²) in [4.78, 5) is 16.8. The number of nitrogens with one attached hydrogen (secondary N) is 1. The zero-order valence-electron chi connectivity index (χ0n) is 10.7. The van der Waals surface area contributed by atoms with E-state index in [4.69, 9.17) is 5.73 Å². The van der Waals surface area contributed by atoms with Gasteiger partial charge in [-0.1, -0.05) is 0 Å². The molecule has 0 atom stereocenters. The number of nitrogens with zero attached hydrogens (tertiary/aromatic N) is 4. The Morgan fingerprint density at radius 2 is 1.89 bits per heavy atom. The van der Waals surface area contributed by atoms with Gasteiger partial charge in [0.05, 0.1) is 12.2 Å². The van der Waals surface area contributed by atoms with E-state index in [0.29, 0.717) is 18.2 Å². The maximum absolute atomic E-state index is 5.80. The zero-order chi connectivity index (χ0) is 13.1. The van der Waals surface area contributed by atoms with Crippen LogP contribution in [-0.4, -0.2) is 19.9 Å². The molecule has 0 saturated carbocycles. The van der Waals surface area contributed by atoms with Crippen molar-refractivity contribution in [3.63, 3.8) is 0 Å². The molecule has 0 saturated heterocycles. The minimum absolute atomic E-state index is 0.504. The molecule has 0 fully saturated rings. The third kappa shape index (κ3) is 2.71. The molecular formula is C12H16N6. The van der Waals surface area contributed by atoms with E-state index in [-0.39, 0.29) is 0 Å². The van der Waals surface area contributed by atoms with Gasteiger partial charge < -0.3 is 11.1 Å². The molecule has 2 heterocycles. The number of nitrogens with two attached hydrogens (primary N) is 1. The van der Waals surface area contributed by atoms with Gasteiger partial charge in [0, 0.05) is 11.8 Å². The number of aromatic nitrogens is 4. The second-order valence-corrected chi connectivity index (χ2v) is 4.08. The Balaban J connectivity index is 2.15. The summed E-state index contributed by atoms with van der Waals surface area (Å²) in [7, 11) is 0. The van der Waals surface area contributed by atoms with Crippen LogP contribution in [0.4, 0.5) is 11.6 Å². The van der Waals surface area contributed by atoms with Gasteiger partial charge in [0.15, 0.2) is 0 Å². The minimum Gasteiger partial charge on any atom is -0.383 e. The number of hydrogen-bond donors (Lipinski definition) is 2. The Labute approximate surface area is 106 Å². The highest BCUT2D eigenvalue weighted by Crippen LogP contribution is 2.17. The van der Waals surface area contributed by atoms with Crippen molar-refractivity contribution in [1.29, 1.82) is 0 Å². The second kappa shape index (κ2) is 4.95. The van der Waals surface area contributed by atoms with Crippen LogP contribution in [-0.2, 0) is 6.54 Å². The molecule has 94 valence electrons. The van der Waals surface area contributed by atoms with Crippen molar-refractivity contribution in [3.05, 3.63) is 35.2 Å². The van der Waals surface area contributed by atoms with E-state index in [9.17, 15) is 0 Å². The normalized spacial score (nSPS) is 10.4. The lowest BCUT2D eigenvalue weighted by Crippen LogP contribution is -2.09. The van der Waals surface area contributed by atoms with E-state index in [1.54, 1.807) is 6.20 Å². The second-order valence-electron chi connectivity index (χ2n) is 4.08. The third-order valence-corrected chi connectivity index (χ3v) is 2.57. The number of anilines is 2. The summed E-state index contributed by atoms with van der Waals surface area (Å²) in [6.07, 6.45) is 1.74. The molecule has 0 aliphatic heterocycles. The molecule has 6 nitrogen and oxygen atoms in total. The molecule has 0 aliphatic carbocycles. The van der Waals surface area contributed by atoms with E-state index in [0.717, 1.165) is 22.9 Å². The lowest BCUT2D eigenvalue weighted by atomic mass is 10.3. The smallest absolute Gasteiger partial charge is 0.135 e. The Bertz CT molecular complexity index is 566. The number of rotatable bonds is 3. The topological polar surface area (TPSA) is 89.6 Å². The van der Waals surface area contributed by atoms with Crippen LogP contribution in [0.25, 0.3) is 0 Å². The molecule has 2 aromatic rings. The number of hydrogen-bond acceptors (Lipinski definition) is 6. The Morgan fingerprint density at radius 1 is 1.11 bits per heavy atom. The van der Waals surface area contributed by atoms with E-state index in [2.05, 4.69) is 25.3 Å².